The molecule has 0 saturated heterocycles. The molecule has 170 valence electrons. The Bertz CT molecular complexity index is 1090. The van der Waals surface area contributed by atoms with E-state index in [9.17, 15) is 22.3 Å². The molecule has 1 fully saturated rings. The number of benzene rings is 2. The molecule has 1 unspecified atom stereocenters. The van der Waals surface area contributed by atoms with Gasteiger partial charge >= 0.3 is 0 Å². The number of nitrogens with one attached hydrogen (secondary N) is 1. The first-order chi connectivity index (χ1) is 14.5. The molecule has 2 aromatic rings. The van der Waals surface area contributed by atoms with Crippen molar-refractivity contribution in [3.05, 3.63) is 56.4 Å². The lowest BCUT2D eigenvalue weighted by atomic mass is 10.0. The number of anilines is 1. The number of hydrogen-bond acceptors (Lipinski definition) is 5. The van der Waals surface area contributed by atoms with Crippen molar-refractivity contribution < 1.29 is 36.5 Å². The highest BCUT2D eigenvalue weighted by Gasteiger charge is 2.55. The Morgan fingerprint density at radius 3 is 2.45 bits per heavy atom. The highest BCUT2D eigenvalue weighted by Crippen LogP contribution is 2.48. The molecule has 0 amide bonds. The second-order valence-corrected chi connectivity index (χ2v) is 10.8. The molecule has 11 heteroatoms. The van der Waals surface area contributed by atoms with E-state index in [0.29, 0.717) is 9.64 Å². The maximum absolute atomic E-state index is 15.0. The van der Waals surface area contributed by atoms with Crippen LogP contribution in [-0.4, -0.2) is 43.2 Å². The number of sulfonamides is 1. The molecule has 1 atom stereocenters. The van der Waals surface area contributed by atoms with Crippen molar-refractivity contribution in [3.8, 4) is 5.75 Å². The number of ether oxygens (including phenoxy) is 1. The van der Waals surface area contributed by atoms with Crippen LogP contribution in [0.25, 0.3) is 0 Å². The Morgan fingerprint density at radius 1 is 1.23 bits per heavy atom. The van der Waals surface area contributed by atoms with E-state index in [4.69, 9.17) is 9.84 Å². The first kappa shape index (κ1) is 24.1. The van der Waals surface area contributed by atoms with Gasteiger partial charge in [0.25, 0.3) is 0 Å². The lowest BCUT2D eigenvalue weighted by Crippen LogP contribution is -2.35. The summed E-state index contributed by atoms with van der Waals surface area (Å²) in [7, 11) is -3.13. The molecule has 3 N–H and O–H groups in total. The molecule has 0 radical (unpaired) electrons. The van der Waals surface area contributed by atoms with Gasteiger partial charge in [0, 0.05) is 21.6 Å². The lowest BCUT2D eigenvalue weighted by Gasteiger charge is -2.22. The van der Waals surface area contributed by atoms with Gasteiger partial charge in [-0.2, -0.15) is 0 Å². The van der Waals surface area contributed by atoms with Gasteiger partial charge in [-0.3, -0.25) is 4.72 Å². The van der Waals surface area contributed by atoms with Gasteiger partial charge in [0.2, 0.25) is 10.0 Å². The Morgan fingerprint density at radius 2 is 1.90 bits per heavy atom. The summed E-state index contributed by atoms with van der Waals surface area (Å²) in [5.41, 5.74) is -0.996. The number of methoxy groups -OCH3 is 1. The summed E-state index contributed by atoms with van der Waals surface area (Å²) < 4.78 is 76.4. The van der Waals surface area contributed by atoms with Crippen LogP contribution in [0.2, 0.25) is 0 Å². The van der Waals surface area contributed by atoms with E-state index in [1.165, 1.54) is 12.1 Å². The topological polar surface area (TPSA) is 95.9 Å². The van der Waals surface area contributed by atoms with Gasteiger partial charge in [-0.15, -0.1) is 0 Å². The predicted octanol–water partition coefficient (Wildman–Crippen LogP) is 3.33. The van der Waals surface area contributed by atoms with Crippen LogP contribution >= 0.6 is 22.6 Å². The van der Waals surface area contributed by atoms with Gasteiger partial charge in [-0.05, 0) is 59.5 Å². The summed E-state index contributed by atoms with van der Waals surface area (Å²) >= 11 is 1.91. The van der Waals surface area contributed by atoms with Gasteiger partial charge in [-0.1, -0.05) is 6.07 Å². The molecule has 0 aromatic heterocycles. The van der Waals surface area contributed by atoms with E-state index in [-0.39, 0.29) is 24.8 Å². The number of aliphatic hydroxyl groups excluding tert-OH is 2. The highest BCUT2D eigenvalue weighted by atomic mass is 127. The molecule has 2 aromatic carbocycles. The summed E-state index contributed by atoms with van der Waals surface area (Å²) in [6.07, 6.45) is -1.55. The minimum absolute atomic E-state index is 0.0456. The smallest absolute Gasteiger partial charge is 0.238 e. The van der Waals surface area contributed by atoms with Crippen molar-refractivity contribution in [2.75, 3.05) is 18.4 Å². The van der Waals surface area contributed by atoms with Crippen molar-refractivity contribution in [2.45, 2.75) is 36.5 Å². The number of rotatable bonds is 9. The summed E-state index contributed by atoms with van der Waals surface area (Å²) in [5, 5.41) is 18.7. The van der Waals surface area contributed by atoms with E-state index in [2.05, 4.69) is 4.72 Å². The molecule has 0 bridgehead atoms. The van der Waals surface area contributed by atoms with Crippen molar-refractivity contribution in [3.63, 3.8) is 0 Å². The Balaban J connectivity index is 2.05. The SMILES string of the molecule is COc1cc(F)c(NS(=O)(=O)C2(CC(O)CO)CC2)c(Cc2ccc(I)cc2F)c1F. The second-order valence-electron chi connectivity index (χ2n) is 7.47. The lowest BCUT2D eigenvalue weighted by molar-refractivity contribution is 0.0858. The maximum Gasteiger partial charge on any atom is 0.238 e. The largest absolute Gasteiger partial charge is 0.494 e. The van der Waals surface area contributed by atoms with E-state index >= 15 is 4.39 Å². The molecule has 0 heterocycles. The maximum atomic E-state index is 15.0. The zero-order valence-electron chi connectivity index (χ0n) is 16.5. The van der Waals surface area contributed by atoms with Crippen molar-refractivity contribution in [1.82, 2.24) is 0 Å². The van der Waals surface area contributed by atoms with Crippen molar-refractivity contribution >= 4 is 38.3 Å². The van der Waals surface area contributed by atoms with Crippen LogP contribution in [0.15, 0.2) is 24.3 Å². The molecule has 0 spiro atoms. The van der Waals surface area contributed by atoms with Gasteiger partial charge in [0.1, 0.15) is 5.82 Å². The Kier molecular flexibility index (Phi) is 7.08. The summed E-state index contributed by atoms with van der Waals surface area (Å²) in [6, 6.07) is 4.94. The fourth-order valence-corrected chi connectivity index (χ4v) is 5.60. The standard InChI is InChI=1S/C20H21F3INO5S/c1-30-17-8-16(22)19(25-31(28,29)20(4-5-20)9-13(27)10-26)14(18(17)23)6-11-2-3-12(24)7-15(11)21/h2-3,7-8,13,25-27H,4-6,9-10H2,1H3. The number of aliphatic hydroxyl groups is 2. The third kappa shape index (κ3) is 4.94. The monoisotopic (exact) mass is 571 g/mol. The zero-order valence-corrected chi connectivity index (χ0v) is 19.4. The molecule has 1 saturated carbocycles. The minimum atomic E-state index is -4.26. The van der Waals surface area contributed by atoms with Gasteiger partial charge in [0.15, 0.2) is 17.4 Å². The minimum Gasteiger partial charge on any atom is -0.494 e. The predicted molar refractivity (Wildman–Crippen MR) is 117 cm³/mol. The molecular weight excluding hydrogens is 550 g/mol. The van der Waals surface area contributed by atoms with E-state index in [1.807, 2.05) is 22.6 Å². The Hall–Kier alpha value is -1.57. The van der Waals surface area contributed by atoms with Crippen LogP contribution < -0.4 is 9.46 Å². The second kappa shape index (κ2) is 9.12. The summed E-state index contributed by atoms with van der Waals surface area (Å²) in [5.74, 6) is -3.19. The van der Waals surface area contributed by atoms with E-state index in [0.717, 1.165) is 7.11 Å². The van der Waals surface area contributed by atoms with E-state index in [1.54, 1.807) is 6.07 Å². The Labute approximate surface area is 191 Å². The fraction of sp³-hybridized carbons (Fsp3) is 0.400. The van der Waals surface area contributed by atoms with Gasteiger partial charge < -0.3 is 14.9 Å². The average molecular weight is 571 g/mol. The first-order valence-electron chi connectivity index (χ1n) is 9.33. The summed E-state index contributed by atoms with van der Waals surface area (Å²) in [4.78, 5) is 0. The third-order valence-corrected chi connectivity index (χ3v) is 8.17. The normalized spacial score (nSPS) is 16.1. The molecule has 31 heavy (non-hydrogen) atoms. The molecule has 6 nitrogen and oxygen atoms in total. The van der Waals surface area contributed by atoms with Gasteiger partial charge in [0.05, 0.1) is 30.3 Å². The van der Waals surface area contributed by atoms with Crippen LogP contribution in [0.3, 0.4) is 0 Å². The van der Waals surface area contributed by atoms with Crippen LogP contribution in [0.4, 0.5) is 18.9 Å². The summed E-state index contributed by atoms with van der Waals surface area (Å²) in [6.45, 7) is -0.625. The van der Waals surface area contributed by atoms with Crippen LogP contribution in [0.5, 0.6) is 5.75 Å². The fourth-order valence-electron chi connectivity index (χ4n) is 3.39. The van der Waals surface area contributed by atoms with Crippen LogP contribution in [-0.2, 0) is 16.4 Å². The quantitative estimate of drug-likeness (QED) is 0.402. The van der Waals surface area contributed by atoms with Crippen LogP contribution in [0.1, 0.15) is 30.4 Å². The number of hydrogen-bond donors (Lipinski definition) is 3. The molecule has 0 aliphatic heterocycles. The molecule has 1 aliphatic carbocycles. The first-order valence-corrected chi connectivity index (χ1v) is 11.9. The van der Waals surface area contributed by atoms with Gasteiger partial charge in [-0.25, -0.2) is 21.6 Å². The third-order valence-electron chi connectivity index (χ3n) is 5.31. The zero-order chi connectivity index (χ0) is 23.0. The van der Waals surface area contributed by atoms with E-state index < -0.39 is 68.4 Å². The van der Waals surface area contributed by atoms with Crippen molar-refractivity contribution in [2.24, 2.45) is 0 Å². The highest BCUT2D eigenvalue weighted by molar-refractivity contribution is 14.1. The average Bonchev–Trinajstić information content (AvgIpc) is 3.49. The van der Waals surface area contributed by atoms with Crippen LogP contribution in [0, 0.1) is 21.0 Å². The molecule has 1 aliphatic rings. The molecular formula is C20H21F3INO5S. The molecule has 3 rings (SSSR count). The number of halogens is 4. The van der Waals surface area contributed by atoms with Crippen molar-refractivity contribution in [1.29, 1.82) is 0 Å².